The summed E-state index contributed by atoms with van der Waals surface area (Å²) in [6.45, 7) is 9.89. The van der Waals surface area contributed by atoms with Crippen LogP contribution in [0.2, 0.25) is 0 Å². The van der Waals surface area contributed by atoms with Gasteiger partial charge in [0, 0.05) is 26.2 Å². The van der Waals surface area contributed by atoms with Crippen LogP contribution in [-0.4, -0.2) is 56.8 Å². The lowest BCUT2D eigenvalue weighted by molar-refractivity contribution is -0.146. The van der Waals surface area contributed by atoms with Crippen molar-refractivity contribution in [3.63, 3.8) is 0 Å². The lowest BCUT2D eigenvalue weighted by Gasteiger charge is -2.34. The molecule has 1 N–H and O–H groups in total. The Bertz CT molecular complexity index is 522. The Morgan fingerprint density at radius 2 is 2.00 bits per heavy atom. The van der Waals surface area contributed by atoms with Crippen LogP contribution in [-0.2, 0) is 16.0 Å². The van der Waals surface area contributed by atoms with Gasteiger partial charge < -0.3 is 19.7 Å². The summed E-state index contributed by atoms with van der Waals surface area (Å²) in [7, 11) is 1.66. The van der Waals surface area contributed by atoms with Crippen molar-refractivity contribution in [1.29, 1.82) is 0 Å². The highest BCUT2D eigenvalue weighted by Crippen LogP contribution is 2.18. The van der Waals surface area contributed by atoms with Crippen molar-refractivity contribution in [3.8, 4) is 5.75 Å². The second-order valence-corrected chi connectivity index (χ2v) is 7.48. The minimum Gasteiger partial charge on any atom is -0.497 e. The molecule has 1 aliphatic rings. The molecule has 25 heavy (non-hydrogen) atoms. The molecule has 0 aliphatic carbocycles. The van der Waals surface area contributed by atoms with Crippen LogP contribution in [0.15, 0.2) is 24.3 Å². The predicted octanol–water partition coefficient (Wildman–Crippen LogP) is 2.52. The van der Waals surface area contributed by atoms with Crippen molar-refractivity contribution in [2.45, 2.75) is 33.3 Å². The van der Waals surface area contributed by atoms with Gasteiger partial charge in [0.1, 0.15) is 11.9 Å². The summed E-state index contributed by atoms with van der Waals surface area (Å²) >= 11 is 0. The zero-order chi connectivity index (χ0) is 17.6. The maximum atomic E-state index is 12.8. The number of amides is 1. The van der Waals surface area contributed by atoms with Crippen LogP contribution >= 0.6 is 12.4 Å². The number of methoxy groups -OCH3 is 1. The SMILES string of the molecule is COc1ccc(CCN(CC(C)(C)C)C(=O)C2CNCCO2)cc1.Cl. The molecule has 0 radical (unpaired) electrons. The molecule has 0 aromatic heterocycles. The van der Waals surface area contributed by atoms with Gasteiger partial charge in [-0.1, -0.05) is 32.9 Å². The van der Waals surface area contributed by atoms with Crippen molar-refractivity contribution in [2.75, 3.05) is 39.9 Å². The zero-order valence-corrected chi connectivity index (χ0v) is 16.5. The molecule has 1 unspecified atom stereocenters. The van der Waals surface area contributed by atoms with Crippen molar-refractivity contribution in [1.82, 2.24) is 10.2 Å². The Balaban J connectivity index is 0.00000312. The van der Waals surface area contributed by atoms with Crippen LogP contribution in [0.5, 0.6) is 5.75 Å². The first-order valence-electron chi connectivity index (χ1n) is 8.63. The number of rotatable bonds is 6. The molecular weight excluding hydrogens is 340 g/mol. The van der Waals surface area contributed by atoms with Gasteiger partial charge >= 0.3 is 0 Å². The van der Waals surface area contributed by atoms with Crippen LogP contribution < -0.4 is 10.1 Å². The third kappa shape index (κ3) is 7.22. The molecule has 6 heteroatoms. The highest BCUT2D eigenvalue weighted by atomic mass is 35.5. The van der Waals surface area contributed by atoms with Gasteiger partial charge in [-0.15, -0.1) is 12.4 Å². The highest BCUT2D eigenvalue weighted by molar-refractivity contribution is 5.85. The average Bonchev–Trinajstić information content (AvgIpc) is 2.58. The number of halogens is 1. The third-order valence-electron chi connectivity index (χ3n) is 4.01. The summed E-state index contributed by atoms with van der Waals surface area (Å²) in [6.07, 6.45) is 0.461. The molecule has 5 nitrogen and oxygen atoms in total. The Morgan fingerprint density at radius 3 is 2.52 bits per heavy atom. The van der Waals surface area contributed by atoms with Crippen LogP contribution in [0.4, 0.5) is 0 Å². The quantitative estimate of drug-likeness (QED) is 0.836. The summed E-state index contributed by atoms with van der Waals surface area (Å²) in [4.78, 5) is 14.8. The van der Waals surface area contributed by atoms with E-state index in [4.69, 9.17) is 9.47 Å². The molecule has 0 saturated carbocycles. The maximum absolute atomic E-state index is 12.8. The molecule has 1 atom stereocenters. The topological polar surface area (TPSA) is 50.8 Å². The molecule has 1 aromatic carbocycles. The monoisotopic (exact) mass is 370 g/mol. The van der Waals surface area contributed by atoms with E-state index in [2.05, 4.69) is 38.2 Å². The number of nitrogens with one attached hydrogen (secondary N) is 1. The molecule has 0 spiro atoms. The van der Waals surface area contributed by atoms with Crippen LogP contribution in [0.1, 0.15) is 26.3 Å². The van der Waals surface area contributed by atoms with E-state index in [1.165, 1.54) is 5.56 Å². The fraction of sp³-hybridized carbons (Fsp3) is 0.632. The maximum Gasteiger partial charge on any atom is 0.253 e. The molecule has 1 fully saturated rings. The molecule has 142 valence electrons. The van der Waals surface area contributed by atoms with E-state index in [1.807, 2.05) is 17.0 Å². The molecule has 1 heterocycles. The van der Waals surface area contributed by atoms with E-state index in [-0.39, 0.29) is 29.8 Å². The fourth-order valence-electron chi connectivity index (χ4n) is 2.82. The van der Waals surface area contributed by atoms with Gasteiger partial charge in [-0.05, 0) is 29.5 Å². The normalized spacial score (nSPS) is 17.5. The summed E-state index contributed by atoms with van der Waals surface area (Å²) < 4.78 is 10.8. The van der Waals surface area contributed by atoms with Gasteiger partial charge in [0.05, 0.1) is 13.7 Å². The summed E-state index contributed by atoms with van der Waals surface area (Å²) in [5.41, 5.74) is 1.25. The molecule has 0 bridgehead atoms. The van der Waals surface area contributed by atoms with Gasteiger partial charge in [-0.2, -0.15) is 0 Å². The van der Waals surface area contributed by atoms with Crippen molar-refractivity contribution in [2.24, 2.45) is 5.41 Å². The van der Waals surface area contributed by atoms with Crippen LogP contribution in [0.3, 0.4) is 0 Å². The Morgan fingerprint density at radius 1 is 1.32 bits per heavy atom. The number of hydrogen-bond donors (Lipinski definition) is 1. The van der Waals surface area contributed by atoms with E-state index in [0.717, 1.165) is 25.3 Å². The van der Waals surface area contributed by atoms with E-state index in [1.54, 1.807) is 7.11 Å². The molecule has 1 aromatic rings. The van der Waals surface area contributed by atoms with Gasteiger partial charge in [0.15, 0.2) is 0 Å². The first-order valence-corrected chi connectivity index (χ1v) is 8.63. The lowest BCUT2D eigenvalue weighted by Crippen LogP contribution is -2.51. The smallest absolute Gasteiger partial charge is 0.253 e. The summed E-state index contributed by atoms with van der Waals surface area (Å²) in [5, 5.41) is 3.23. The minimum atomic E-state index is -0.364. The number of carbonyl (C=O) groups is 1. The highest BCUT2D eigenvalue weighted by Gasteiger charge is 2.29. The first-order chi connectivity index (χ1) is 11.4. The summed E-state index contributed by atoms with van der Waals surface area (Å²) in [5.74, 6) is 0.939. The van der Waals surface area contributed by atoms with E-state index >= 15 is 0 Å². The minimum absolute atomic E-state index is 0. The number of nitrogens with zero attached hydrogens (tertiary/aromatic N) is 1. The lowest BCUT2D eigenvalue weighted by atomic mass is 9.95. The van der Waals surface area contributed by atoms with Crippen molar-refractivity contribution >= 4 is 18.3 Å². The number of carbonyl (C=O) groups excluding carboxylic acids is 1. The second kappa shape index (κ2) is 10.00. The van der Waals surface area contributed by atoms with Crippen LogP contribution in [0.25, 0.3) is 0 Å². The molecule has 2 rings (SSSR count). The number of benzene rings is 1. The van der Waals surface area contributed by atoms with Gasteiger partial charge in [0.2, 0.25) is 0 Å². The van der Waals surface area contributed by atoms with E-state index in [9.17, 15) is 4.79 Å². The van der Waals surface area contributed by atoms with E-state index < -0.39 is 0 Å². The third-order valence-corrected chi connectivity index (χ3v) is 4.01. The molecule has 1 saturated heterocycles. The Labute approximate surface area is 157 Å². The summed E-state index contributed by atoms with van der Waals surface area (Å²) in [6, 6.07) is 8.02. The largest absolute Gasteiger partial charge is 0.497 e. The Kier molecular flexibility index (Phi) is 8.69. The number of morpholine rings is 1. The first kappa shape index (κ1) is 21.7. The average molecular weight is 371 g/mol. The Hall–Kier alpha value is -1.30. The predicted molar refractivity (Wildman–Crippen MR) is 103 cm³/mol. The molecule has 1 amide bonds. The van der Waals surface area contributed by atoms with Crippen molar-refractivity contribution in [3.05, 3.63) is 29.8 Å². The zero-order valence-electron chi connectivity index (χ0n) is 15.7. The van der Waals surface area contributed by atoms with E-state index in [0.29, 0.717) is 19.7 Å². The van der Waals surface area contributed by atoms with Crippen LogP contribution in [0, 0.1) is 5.41 Å². The second-order valence-electron chi connectivity index (χ2n) is 7.48. The number of ether oxygens (including phenoxy) is 2. The van der Waals surface area contributed by atoms with Gasteiger partial charge in [0.25, 0.3) is 5.91 Å². The van der Waals surface area contributed by atoms with Gasteiger partial charge in [-0.3, -0.25) is 4.79 Å². The fourth-order valence-corrected chi connectivity index (χ4v) is 2.82. The molecule has 1 aliphatic heterocycles. The standard InChI is InChI=1S/C19H30N2O3.ClH/c1-19(2,3)14-21(18(22)17-13-20-10-12-24-17)11-9-15-5-7-16(23-4)8-6-15;/h5-8,17,20H,9-14H2,1-4H3;1H. The van der Waals surface area contributed by atoms with Gasteiger partial charge in [-0.25, -0.2) is 0 Å². The molecular formula is C19H31ClN2O3. The number of hydrogen-bond acceptors (Lipinski definition) is 4. The van der Waals surface area contributed by atoms with Crippen molar-refractivity contribution < 1.29 is 14.3 Å².